The predicted octanol–water partition coefficient (Wildman–Crippen LogP) is 3.07. The lowest BCUT2D eigenvalue weighted by Gasteiger charge is -2.28. The molecule has 0 heterocycles. The summed E-state index contributed by atoms with van der Waals surface area (Å²) in [6.45, 7) is 5.86. The molecular weight excluding hydrogens is 260 g/mol. The molecule has 116 valence electrons. The Morgan fingerprint density at radius 3 is 2.48 bits per heavy atom. The largest absolute Gasteiger partial charge is 0.354 e. The van der Waals surface area contributed by atoms with Crippen molar-refractivity contribution in [1.29, 1.82) is 0 Å². The van der Waals surface area contributed by atoms with Crippen molar-refractivity contribution in [2.45, 2.75) is 51.5 Å². The van der Waals surface area contributed by atoms with E-state index in [2.05, 4.69) is 54.8 Å². The molecule has 1 atom stereocenters. The molecule has 0 saturated heterocycles. The fourth-order valence-corrected chi connectivity index (χ4v) is 3.23. The van der Waals surface area contributed by atoms with Crippen molar-refractivity contribution < 1.29 is 4.79 Å². The molecule has 21 heavy (non-hydrogen) atoms. The summed E-state index contributed by atoms with van der Waals surface area (Å²) in [5.74, 6) is 1.08. The molecule has 0 aliphatic heterocycles. The van der Waals surface area contributed by atoms with Crippen molar-refractivity contribution in [3.8, 4) is 0 Å². The fraction of sp³-hybridized carbons (Fsp3) is 0.611. The number of rotatable bonds is 6. The van der Waals surface area contributed by atoms with Gasteiger partial charge in [0.15, 0.2) is 0 Å². The molecule has 0 aromatic heterocycles. The molecule has 0 bridgehead atoms. The van der Waals surface area contributed by atoms with E-state index in [4.69, 9.17) is 0 Å². The second kappa shape index (κ2) is 8.18. The van der Waals surface area contributed by atoms with Crippen LogP contribution in [0.25, 0.3) is 0 Å². The first kappa shape index (κ1) is 16.0. The lowest BCUT2D eigenvalue weighted by atomic mass is 9.78. The number of hydrogen-bond donors (Lipinski definition) is 2. The molecule has 2 N–H and O–H groups in total. The van der Waals surface area contributed by atoms with Crippen LogP contribution in [0.2, 0.25) is 0 Å². The van der Waals surface area contributed by atoms with Crippen LogP contribution in [0.1, 0.15) is 51.0 Å². The summed E-state index contributed by atoms with van der Waals surface area (Å²) in [6.07, 6.45) is 4.29. The van der Waals surface area contributed by atoms with Gasteiger partial charge in [0.1, 0.15) is 0 Å². The van der Waals surface area contributed by atoms with Gasteiger partial charge in [0.25, 0.3) is 0 Å². The van der Waals surface area contributed by atoms with Gasteiger partial charge in [0.2, 0.25) is 5.91 Å². The molecule has 0 radical (unpaired) electrons. The third kappa shape index (κ3) is 4.85. The highest BCUT2D eigenvalue weighted by Crippen LogP contribution is 2.35. The van der Waals surface area contributed by atoms with Gasteiger partial charge >= 0.3 is 0 Å². The Balaban J connectivity index is 1.74. The van der Waals surface area contributed by atoms with Gasteiger partial charge in [-0.3, -0.25) is 4.79 Å². The van der Waals surface area contributed by atoms with Crippen molar-refractivity contribution in [2.75, 3.05) is 13.1 Å². The zero-order chi connectivity index (χ0) is 15.1. The lowest BCUT2D eigenvalue weighted by molar-refractivity contribution is -0.126. The van der Waals surface area contributed by atoms with Crippen LogP contribution in [0.15, 0.2) is 30.3 Å². The topological polar surface area (TPSA) is 41.1 Å². The van der Waals surface area contributed by atoms with Crippen LogP contribution in [0, 0.1) is 5.92 Å². The quantitative estimate of drug-likeness (QED) is 0.844. The first-order chi connectivity index (χ1) is 10.2. The van der Waals surface area contributed by atoms with E-state index in [1.54, 1.807) is 0 Å². The maximum Gasteiger partial charge on any atom is 0.223 e. The van der Waals surface area contributed by atoms with Crippen molar-refractivity contribution in [3.05, 3.63) is 35.9 Å². The van der Waals surface area contributed by atoms with Gasteiger partial charge in [-0.05, 0) is 50.6 Å². The van der Waals surface area contributed by atoms with Crippen LogP contribution in [0.3, 0.4) is 0 Å². The van der Waals surface area contributed by atoms with Crippen molar-refractivity contribution in [3.63, 3.8) is 0 Å². The second-order valence-electron chi connectivity index (χ2n) is 6.16. The number of nitrogens with one attached hydrogen (secondary N) is 2. The molecule has 0 unspecified atom stereocenters. The highest BCUT2D eigenvalue weighted by atomic mass is 16.1. The van der Waals surface area contributed by atoms with E-state index >= 15 is 0 Å². The van der Waals surface area contributed by atoms with Gasteiger partial charge in [0, 0.05) is 18.5 Å². The van der Waals surface area contributed by atoms with E-state index in [1.807, 2.05) is 0 Å². The zero-order valence-corrected chi connectivity index (χ0v) is 13.3. The van der Waals surface area contributed by atoms with E-state index in [-0.39, 0.29) is 11.8 Å². The summed E-state index contributed by atoms with van der Waals surface area (Å²) in [7, 11) is 0. The SMILES string of the molecule is CCN[C@H](C)CNC(=O)C1CCC(c2ccccc2)CC1. The Morgan fingerprint density at radius 1 is 1.19 bits per heavy atom. The smallest absolute Gasteiger partial charge is 0.223 e. The average molecular weight is 288 g/mol. The standard InChI is InChI=1S/C18H28N2O/c1-3-19-14(2)13-20-18(21)17-11-9-16(10-12-17)15-7-5-4-6-8-15/h4-8,14,16-17,19H,3,9-13H2,1-2H3,(H,20,21)/t14-,16?,17?/m1/s1. The van der Waals surface area contributed by atoms with E-state index in [0.717, 1.165) is 38.8 Å². The molecule has 1 saturated carbocycles. The minimum Gasteiger partial charge on any atom is -0.354 e. The van der Waals surface area contributed by atoms with Crippen LogP contribution in [-0.4, -0.2) is 25.0 Å². The molecule has 1 fully saturated rings. The highest BCUT2D eigenvalue weighted by molar-refractivity contribution is 5.78. The summed E-state index contributed by atoms with van der Waals surface area (Å²) in [4.78, 5) is 12.2. The molecule has 2 rings (SSSR count). The van der Waals surface area contributed by atoms with E-state index in [9.17, 15) is 4.79 Å². The minimum absolute atomic E-state index is 0.207. The highest BCUT2D eigenvalue weighted by Gasteiger charge is 2.26. The van der Waals surface area contributed by atoms with E-state index in [1.165, 1.54) is 5.56 Å². The Bertz CT molecular complexity index is 424. The first-order valence-corrected chi connectivity index (χ1v) is 8.26. The number of hydrogen-bond acceptors (Lipinski definition) is 2. The molecular formula is C18H28N2O. The molecule has 1 aromatic carbocycles. The summed E-state index contributed by atoms with van der Waals surface area (Å²) in [5, 5.41) is 6.41. The molecule has 1 amide bonds. The molecule has 1 aliphatic rings. The third-order valence-electron chi connectivity index (χ3n) is 4.50. The number of benzene rings is 1. The fourth-order valence-electron chi connectivity index (χ4n) is 3.23. The van der Waals surface area contributed by atoms with E-state index in [0.29, 0.717) is 12.0 Å². The van der Waals surface area contributed by atoms with Gasteiger partial charge in [0.05, 0.1) is 0 Å². The number of carbonyl (C=O) groups is 1. The summed E-state index contributed by atoms with van der Waals surface area (Å²) >= 11 is 0. The van der Waals surface area contributed by atoms with Crippen LogP contribution in [0.5, 0.6) is 0 Å². The molecule has 1 aromatic rings. The van der Waals surface area contributed by atoms with Gasteiger partial charge in [-0.25, -0.2) is 0 Å². The van der Waals surface area contributed by atoms with Crippen LogP contribution in [-0.2, 0) is 4.79 Å². The average Bonchev–Trinajstić information content (AvgIpc) is 2.54. The maximum atomic E-state index is 12.2. The van der Waals surface area contributed by atoms with Crippen molar-refractivity contribution in [1.82, 2.24) is 10.6 Å². The second-order valence-corrected chi connectivity index (χ2v) is 6.16. The Labute approximate surface area is 128 Å². The number of amides is 1. The number of likely N-dealkylation sites (N-methyl/N-ethyl adjacent to an activating group) is 1. The Morgan fingerprint density at radius 2 is 1.86 bits per heavy atom. The van der Waals surface area contributed by atoms with Crippen LogP contribution < -0.4 is 10.6 Å². The first-order valence-electron chi connectivity index (χ1n) is 8.26. The van der Waals surface area contributed by atoms with Crippen molar-refractivity contribution >= 4 is 5.91 Å². The summed E-state index contributed by atoms with van der Waals surface area (Å²) in [5.41, 5.74) is 1.43. The summed E-state index contributed by atoms with van der Waals surface area (Å²) < 4.78 is 0. The van der Waals surface area contributed by atoms with Gasteiger partial charge in [-0.1, -0.05) is 37.3 Å². The summed E-state index contributed by atoms with van der Waals surface area (Å²) in [6, 6.07) is 11.0. The number of carbonyl (C=O) groups excluding carboxylic acids is 1. The normalized spacial score (nSPS) is 23.5. The van der Waals surface area contributed by atoms with Crippen LogP contribution in [0.4, 0.5) is 0 Å². The van der Waals surface area contributed by atoms with E-state index < -0.39 is 0 Å². The molecule has 0 spiro atoms. The zero-order valence-electron chi connectivity index (χ0n) is 13.3. The van der Waals surface area contributed by atoms with Crippen LogP contribution >= 0.6 is 0 Å². The van der Waals surface area contributed by atoms with Crippen molar-refractivity contribution in [2.24, 2.45) is 5.92 Å². The Kier molecular flexibility index (Phi) is 6.24. The molecule has 3 heteroatoms. The maximum absolute atomic E-state index is 12.2. The Hall–Kier alpha value is -1.35. The predicted molar refractivity (Wildman–Crippen MR) is 87.3 cm³/mol. The lowest BCUT2D eigenvalue weighted by Crippen LogP contribution is -2.41. The van der Waals surface area contributed by atoms with Gasteiger partial charge < -0.3 is 10.6 Å². The third-order valence-corrected chi connectivity index (χ3v) is 4.50. The van der Waals surface area contributed by atoms with Gasteiger partial charge in [-0.15, -0.1) is 0 Å². The monoisotopic (exact) mass is 288 g/mol. The van der Waals surface area contributed by atoms with Gasteiger partial charge in [-0.2, -0.15) is 0 Å². The minimum atomic E-state index is 0.207. The molecule has 1 aliphatic carbocycles. The molecule has 3 nitrogen and oxygen atoms in total.